The molecule has 1 amide bonds. The maximum absolute atomic E-state index is 12.2. The zero-order chi connectivity index (χ0) is 21.5. The molecule has 0 aliphatic heterocycles. The summed E-state index contributed by atoms with van der Waals surface area (Å²) in [5.41, 5.74) is 3.37. The second-order valence-electron chi connectivity index (χ2n) is 9.02. The lowest BCUT2D eigenvalue weighted by Gasteiger charge is -2.35. The van der Waals surface area contributed by atoms with Gasteiger partial charge in [-0.05, 0) is 85.6 Å². The average molecular weight is 477 g/mol. The molecule has 0 aliphatic rings. The highest BCUT2D eigenvalue weighted by Crippen LogP contribution is 2.40. The Kier molecular flexibility index (Phi) is 8.68. The van der Waals surface area contributed by atoms with E-state index in [9.17, 15) is 9.59 Å². The zero-order valence-corrected chi connectivity index (χ0v) is 20.7. The molecule has 5 heteroatoms. The van der Waals surface area contributed by atoms with Crippen LogP contribution in [0.2, 0.25) is 18.1 Å². The van der Waals surface area contributed by atoms with Gasteiger partial charge in [0.25, 0.3) is 0 Å². The molecule has 29 heavy (non-hydrogen) atoms. The number of amides is 1. The normalized spacial score (nSPS) is 12.1. The summed E-state index contributed by atoms with van der Waals surface area (Å²) in [7, 11) is -2.14. The summed E-state index contributed by atoms with van der Waals surface area (Å²) in [6.45, 7) is 8.38. The Morgan fingerprint density at radius 2 is 1.48 bits per heavy atom. The van der Waals surface area contributed by atoms with E-state index in [2.05, 4.69) is 59.4 Å². The first-order chi connectivity index (χ1) is 13.6. The standard InChI is InChI=1S/C24H34BrNO2Si/c1-24(2,29(3,4)28)18-6-8-20-12-16-22(17-13-20)26-23(27)9-5-7-19-10-14-21(25)15-11-19/h10-17,28H,5-9,18H2,1-4H3,(H,26,27). The minimum atomic E-state index is -2.14. The Hall–Kier alpha value is -1.43. The average Bonchev–Trinajstić information content (AvgIpc) is 2.64. The molecule has 0 fully saturated rings. The molecular weight excluding hydrogens is 442 g/mol. The van der Waals surface area contributed by atoms with E-state index in [1.54, 1.807) is 0 Å². The van der Waals surface area contributed by atoms with Gasteiger partial charge in [-0.15, -0.1) is 0 Å². The van der Waals surface area contributed by atoms with E-state index in [0.717, 1.165) is 42.3 Å². The summed E-state index contributed by atoms with van der Waals surface area (Å²) in [6, 6.07) is 16.4. The minimum absolute atomic E-state index is 0.0250. The molecule has 0 bridgehead atoms. The summed E-state index contributed by atoms with van der Waals surface area (Å²) in [4.78, 5) is 22.6. The van der Waals surface area contributed by atoms with Crippen LogP contribution >= 0.6 is 15.9 Å². The summed E-state index contributed by atoms with van der Waals surface area (Å²) in [5, 5.41) is 3.02. The fraction of sp³-hybridized carbons (Fsp3) is 0.458. The molecule has 3 nitrogen and oxygen atoms in total. The third-order valence-corrected chi connectivity index (χ3v) is 10.0. The Labute approximate surface area is 185 Å². The second-order valence-corrected chi connectivity index (χ2v) is 14.4. The molecule has 0 saturated carbocycles. The van der Waals surface area contributed by atoms with E-state index in [4.69, 9.17) is 0 Å². The number of halogens is 1. The number of aryl methyl sites for hydroxylation is 2. The SMILES string of the molecule is CC(C)(CCCc1ccc(NC(=O)CCCc2ccc(Br)cc2)cc1)[Si](C)(C)O. The lowest BCUT2D eigenvalue weighted by molar-refractivity contribution is -0.116. The Bertz CT molecular complexity index is 780. The van der Waals surface area contributed by atoms with Crippen molar-refractivity contribution >= 4 is 35.8 Å². The highest BCUT2D eigenvalue weighted by Gasteiger charge is 2.37. The van der Waals surface area contributed by atoms with Gasteiger partial charge in [0.1, 0.15) is 0 Å². The van der Waals surface area contributed by atoms with Crippen molar-refractivity contribution in [3.63, 3.8) is 0 Å². The highest BCUT2D eigenvalue weighted by atomic mass is 79.9. The summed E-state index contributed by atoms with van der Waals surface area (Å²) in [6.07, 6.45) is 5.35. The Morgan fingerprint density at radius 3 is 2.03 bits per heavy atom. The van der Waals surface area contributed by atoms with Crippen LogP contribution in [-0.2, 0) is 17.6 Å². The van der Waals surface area contributed by atoms with Gasteiger partial charge in [0.05, 0.1) is 0 Å². The van der Waals surface area contributed by atoms with Crippen molar-refractivity contribution < 1.29 is 9.59 Å². The first-order valence-corrected chi connectivity index (χ1v) is 14.2. The summed E-state index contributed by atoms with van der Waals surface area (Å²) >= 11 is 3.44. The molecule has 0 heterocycles. The topological polar surface area (TPSA) is 49.3 Å². The summed E-state index contributed by atoms with van der Waals surface area (Å²) in [5.74, 6) is 0.0618. The first-order valence-electron chi connectivity index (χ1n) is 10.4. The van der Waals surface area contributed by atoms with E-state index < -0.39 is 8.32 Å². The molecular formula is C24H34BrNO2Si. The van der Waals surface area contributed by atoms with Crippen molar-refractivity contribution in [2.24, 2.45) is 0 Å². The van der Waals surface area contributed by atoms with Crippen LogP contribution in [0.1, 0.15) is 50.7 Å². The van der Waals surface area contributed by atoms with E-state index in [1.165, 1.54) is 11.1 Å². The first kappa shape index (κ1) is 23.8. The molecule has 0 aromatic heterocycles. The Morgan fingerprint density at radius 1 is 0.966 bits per heavy atom. The molecule has 0 radical (unpaired) electrons. The van der Waals surface area contributed by atoms with Crippen LogP contribution in [0.5, 0.6) is 0 Å². The fourth-order valence-electron chi connectivity index (χ4n) is 3.12. The van der Waals surface area contributed by atoms with E-state index >= 15 is 0 Å². The van der Waals surface area contributed by atoms with Gasteiger partial charge in [-0.1, -0.05) is 54.0 Å². The lowest BCUT2D eigenvalue weighted by Crippen LogP contribution is -2.38. The van der Waals surface area contributed by atoms with Crippen molar-refractivity contribution in [3.8, 4) is 0 Å². The number of benzene rings is 2. The molecule has 0 aliphatic carbocycles. The third kappa shape index (κ3) is 8.07. The number of hydrogen-bond donors (Lipinski definition) is 2. The molecule has 0 unspecified atom stereocenters. The molecule has 2 aromatic rings. The van der Waals surface area contributed by atoms with E-state index in [0.29, 0.717) is 6.42 Å². The monoisotopic (exact) mass is 475 g/mol. The number of nitrogens with one attached hydrogen (secondary N) is 1. The molecule has 0 saturated heterocycles. The summed E-state index contributed by atoms with van der Waals surface area (Å²) < 4.78 is 1.07. The van der Waals surface area contributed by atoms with Crippen molar-refractivity contribution in [1.82, 2.24) is 0 Å². The van der Waals surface area contributed by atoms with Crippen molar-refractivity contribution in [3.05, 3.63) is 64.1 Å². The van der Waals surface area contributed by atoms with Crippen LogP contribution in [-0.4, -0.2) is 19.0 Å². The van der Waals surface area contributed by atoms with Crippen molar-refractivity contribution in [2.45, 2.75) is 70.5 Å². The van der Waals surface area contributed by atoms with Crippen LogP contribution in [0.4, 0.5) is 5.69 Å². The van der Waals surface area contributed by atoms with Gasteiger partial charge < -0.3 is 10.1 Å². The van der Waals surface area contributed by atoms with Crippen LogP contribution in [0.3, 0.4) is 0 Å². The van der Waals surface area contributed by atoms with Gasteiger partial charge in [-0.2, -0.15) is 0 Å². The zero-order valence-electron chi connectivity index (χ0n) is 18.1. The second kappa shape index (κ2) is 10.6. The van der Waals surface area contributed by atoms with Crippen LogP contribution in [0.15, 0.2) is 53.0 Å². The molecule has 2 rings (SSSR count). The maximum Gasteiger partial charge on any atom is 0.224 e. The largest absolute Gasteiger partial charge is 0.432 e. The van der Waals surface area contributed by atoms with Gasteiger partial charge in [0.15, 0.2) is 8.32 Å². The van der Waals surface area contributed by atoms with E-state index in [1.807, 2.05) is 37.4 Å². The van der Waals surface area contributed by atoms with Crippen molar-refractivity contribution in [2.75, 3.05) is 5.32 Å². The Balaban J connectivity index is 1.72. The predicted octanol–water partition coefficient (Wildman–Crippen LogP) is 6.71. The number of rotatable bonds is 10. The number of hydrogen-bond acceptors (Lipinski definition) is 2. The molecule has 2 aromatic carbocycles. The van der Waals surface area contributed by atoms with Gasteiger partial charge in [-0.25, -0.2) is 0 Å². The molecule has 0 atom stereocenters. The number of carbonyl (C=O) groups is 1. The number of anilines is 1. The quantitative estimate of drug-likeness (QED) is 0.375. The van der Waals surface area contributed by atoms with Crippen molar-refractivity contribution in [1.29, 1.82) is 0 Å². The highest BCUT2D eigenvalue weighted by molar-refractivity contribution is 9.10. The predicted molar refractivity (Wildman–Crippen MR) is 129 cm³/mol. The fourth-order valence-corrected chi connectivity index (χ4v) is 4.18. The van der Waals surface area contributed by atoms with Gasteiger partial charge >= 0.3 is 0 Å². The minimum Gasteiger partial charge on any atom is -0.432 e. The van der Waals surface area contributed by atoms with Crippen LogP contribution < -0.4 is 5.32 Å². The van der Waals surface area contributed by atoms with Gasteiger partial charge in [-0.3, -0.25) is 4.79 Å². The van der Waals surface area contributed by atoms with Gasteiger partial charge in [0.2, 0.25) is 5.91 Å². The maximum atomic E-state index is 12.2. The third-order valence-electron chi connectivity index (χ3n) is 5.94. The van der Waals surface area contributed by atoms with Gasteiger partial charge in [0, 0.05) is 16.6 Å². The molecule has 0 spiro atoms. The number of carbonyl (C=O) groups excluding carboxylic acids is 1. The lowest BCUT2D eigenvalue weighted by atomic mass is 10.0. The molecule has 158 valence electrons. The smallest absolute Gasteiger partial charge is 0.224 e. The molecule has 2 N–H and O–H groups in total. The van der Waals surface area contributed by atoms with Crippen LogP contribution in [0, 0.1) is 0 Å². The van der Waals surface area contributed by atoms with E-state index in [-0.39, 0.29) is 10.9 Å². The van der Waals surface area contributed by atoms with Crippen LogP contribution in [0.25, 0.3) is 0 Å².